The maximum absolute atomic E-state index is 12.7. The van der Waals surface area contributed by atoms with Crippen molar-refractivity contribution in [1.82, 2.24) is 10.2 Å². The molecular formula is C16H12N4O4S2. The van der Waals surface area contributed by atoms with E-state index in [2.05, 4.69) is 10.2 Å². The molecule has 1 saturated heterocycles. The average Bonchev–Trinajstić information content (AvgIpc) is 3.37. The molecular weight excluding hydrogens is 376 g/mol. The third-order valence-electron chi connectivity index (χ3n) is 3.89. The summed E-state index contributed by atoms with van der Waals surface area (Å²) in [6, 6.07) is 9.87. The number of anilines is 1. The molecule has 3 heterocycles. The number of nitro groups is 1. The van der Waals surface area contributed by atoms with Crippen LogP contribution in [0.3, 0.4) is 0 Å². The van der Waals surface area contributed by atoms with E-state index >= 15 is 0 Å². The van der Waals surface area contributed by atoms with Crippen molar-refractivity contribution in [2.45, 2.75) is 16.9 Å². The molecule has 0 radical (unpaired) electrons. The second-order valence-electron chi connectivity index (χ2n) is 5.51. The molecule has 0 saturated carbocycles. The van der Waals surface area contributed by atoms with Crippen molar-refractivity contribution >= 4 is 40.4 Å². The van der Waals surface area contributed by atoms with Gasteiger partial charge < -0.3 is 9.32 Å². The topological polar surface area (TPSA) is 102 Å². The molecule has 0 aliphatic carbocycles. The lowest BCUT2D eigenvalue weighted by atomic mass is 10.2. The smallest absolute Gasteiger partial charge is 0.277 e. The van der Waals surface area contributed by atoms with Gasteiger partial charge in [-0.1, -0.05) is 23.9 Å². The molecule has 0 bridgehead atoms. The third kappa shape index (κ3) is 3.20. The van der Waals surface area contributed by atoms with Gasteiger partial charge in [-0.25, -0.2) is 0 Å². The van der Waals surface area contributed by atoms with E-state index in [0.717, 1.165) is 4.88 Å². The van der Waals surface area contributed by atoms with E-state index in [-0.39, 0.29) is 16.8 Å². The Morgan fingerprint density at radius 2 is 2.19 bits per heavy atom. The highest BCUT2D eigenvalue weighted by atomic mass is 32.2. The van der Waals surface area contributed by atoms with Crippen LogP contribution in [0.5, 0.6) is 0 Å². The summed E-state index contributed by atoms with van der Waals surface area (Å²) in [6.07, 6.45) is 0.600. The fraction of sp³-hybridized carbons (Fsp3) is 0.188. The Bertz CT molecular complexity index is 957. The standard InChI is InChI=1S/C16H12N4O4S2/c21-15-13(26-16-18-17-14(24-16)12-5-2-8-25-12)6-7-19(15)10-3-1-4-11(9-10)20(22)23/h1-5,8-9,13H,6-7H2. The molecule has 3 aromatic rings. The van der Waals surface area contributed by atoms with Crippen molar-refractivity contribution in [3.63, 3.8) is 0 Å². The summed E-state index contributed by atoms with van der Waals surface area (Å²) in [4.78, 5) is 25.6. The summed E-state index contributed by atoms with van der Waals surface area (Å²) in [6.45, 7) is 0.490. The van der Waals surface area contributed by atoms with Crippen LogP contribution in [0, 0.1) is 10.1 Å². The van der Waals surface area contributed by atoms with Crippen molar-refractivity contribution in [2.24, 2.45) is 0 Å². The van der Waals surface area contributed by atoms with Gasteiger partial charge in [0.25, 0.3) is 16.8 Å². The predicted molar refractivity (Wildman–Crippen MR) is 97.3 cm³/mol. The SMILES string of the molecule is O=C1C(Sc2nnc(-c3cccs3)o2)CCN1c1cccc([N+](=O)[O-])c1. The Balaban J connectivity index is 1.48. The van der Waals surface area contributed by atoms with E-state index in [1.165, 1.54) is 35.2 Å². The number of hydrogen-bond donors (Lipinski definition) is 0. The van der Waals surface area contributed by atoms with Gasteiger partial charge in [-0.3, -0.25) is 14.9 Å². The predicted octanol–water partition coefficient (Wildman–Crippen LogP) is 3.60. The van der Waals surface area contributed by atoms with Gasteiger partial charge in [0.2, 0.25) is 5.91 Å². The van der Waals surface area contributed by atoms with Gasteiger partial charge in [0.05, 0.1) is 20.7 Å². The second kappa shape index (κ2) is 6.89. The Hall–Kier alpha value is -2.72. The van der Waals surface area contributed by atoms with Crippen molar-refractivity contribution in [3.8, 4) is 10.8 Å². The van der Waals surface area contributed by atoms with E-state index in [1.54, 1.807) is 17.0 Å². The third-order valence-corrected chi connectivity index (χ3v) is 5.84. The molecule has 132 valence electrons. The van der Waals surface area contributed by atoms with Crippen molar-refractivity contribution in [2.75, 3.05) is 11.4 Å². The highest BCUT2D eigenvalue weighted by Gasteiger charge is 2.35. The van der Waals surface area contributed by atoms with E-state index in [4.69, 9.17) is 4.42 Å². The summed E-state index contributed by atoms with van der Waals surface area (Å²) in [5.74, 6) is 0.315. The number of carbonyl (C=O) groups is 1. The van der Waals surface area contributed by atoms with Gasteiger partial charge in [0.15, 0.2) is 0 Å². The Morgan fingerprint density at radius 3 is 2.96 bits per heavy atom. The summed E-state index contributed by atoms with van der Waals surface area (Å²) in [5, 5.41) is 20.8. The van der Waals surface area contributed by atoms with Gasteiger partial charge >= 0.3 is 0 Å². The molecule has 1 unspecified atom stereocenters. The van der Waals surface area contributed by atoms with E-state index < -0.39 is 4.92 Å². The lowest BCUT2D eigenvalue weighted by Gasteiger charge is -2.16. The minimum atomic E-state index is -0.471. The van der Waals surface area contributed by atoms with Gasteiger partial charge in [0, 0.05) is 18.7 Å². The zero-order chi connectivity index (χ0) is 18.1. The molecule has 1 aliphatic heterocycles. The molecule has 0 N–H and O–H groups in total. The number of non-ortho nitro benzene ring substituents is 1. The maximum atomic E-state index is 12.7. The van der Waals surface area contributed by atoms with Crippen LogP contribution < -0.4 is 4.90 Å². The van der Waals surface area contributed by atoms with Crippen molar-refractivity contribution < 1.29 is 14.1 Å². The fourth-order valence-electron chi connectivity index (χ4n) is 2.67. The Morgan fingerprint density at radius 1 is 1.31 bits per heavy atom. The van der Waals surface area contributed by atoms with Crippen molar-refractivity contribution in [1.29, 1.82) is 0 Å². The number of aromatic nitrogens is 2. The number of amides is 1. The van der Waals surface area contributed by atoms with Crippen LogP contribution >= 0.6 is 23.1 Å². The number of hydrogen-bond acceptors (Lipinski definition) is 8. The Labute approximate surface area is 156 Å². The van der Waals surface area contributed by atoms with Gasteiger partial charge in [-0.2, -0.15) is 0 Å². The molecule has 1 aliphatic rings. The minimum absolute atomic E-state index is 0.0381. The fourth-order valence-corrected chi connectivity index (χ4v) is 4.23. The first-order chi connectivity index (χ1) is 12.6. The molecule has 1 amide bonds. The molecule has 4 rings (SSSR count). The molecule has 2 aromatic heterocycles. The minimum Gasteiger partial charge on any atom is -0.410 e. The monoisotopic (exact) mass is 388 g/mol. The first-order valence-corrected chi connectivity index (χ1v) is 9.47. The lowest BCUT2D eigenvalue weighted by Crippen LogP contribution is -2.28. The average molecular weight is 388 g/mol. The highest BCUT2D eigenvalue weighted by Crippen LogP contribution is 2.35. The van der Waals surface area contributed by atoms with E-state index in [0.29, 0.717) is 29.8 Å². The number of nitrogens with zero attached hydrogens (tertiary/aromatic N) is 4. The van der Waals surface area contributed by atoms with Crippen LogP contribution in [0.25, 0.3) is 10.8 Å². The molecule has 1 aromatic carbocycles. The number of benzene rings is 1. The van der Waals surface area contributed by atoms with Crippen LogP contribution in [-0.2, 0) is 4.79 Å². The normalized spacial score (nSPS) is 17.0. The van der Waals surface area contributed by atoms with Gasteiger partial charge in [-0.05, 0) is 23.9 Å². The summed E-state index contributed by atoms with van der Waals surface area (Å²) >= 11 is 2.72. The zero-order valence-electron chi connectivity index (χ0n) is 13.3. The van der Waals surface area contributed by atoms with Crippen LogP contribution in [0.2, 0.25) is 0 Å². The second-order valence-corrected chi connectivity index (χ2v) is 7.61. The molecule has 1 fully saturated rings. The van der Waals surface area contributed by atoms with Gasteiger partial charge in [-0.15, -0.1) is 21.5 Å². The Kier molecular flexibility index (Phi) is 4.43. The first kappa shape index (κ1) is 16.7. The van der Waals surface area contributed by atoms with Crippen LogP contribution in [0.1, 0.15) is 6.42 Å². The molecule has 0 spiro atoms. The maximum Gasteiger partial charge on any atom is 0.277 e. The quantitative estimate of drug-likeness (QED) is 0.486. The molecule has 26 heavy (non-hydrogen) atoms. The summed E-state index contributed by atoms with van der Waals surface area (Å²) in [5.41, 5.74) is 0.487. The number of thioether (sulfide) groups is 1. The van der Waals surface area contributed by atoms with Crippen LogP contribution in [0.4, 0.5) is 11.4 Å². The van der Waals surface area contributed by atoms with Crippen LogP contribution in [-0.4, -0.2) is 32.8 Å². The highest BCUT2D eigenvalue weighted by molar-refractivity contribution is 8.00. The molecule has 8 nitrogen and oxygen atoms in total. The molecule has 10 heteroatoms. The lowest BCUT2D eigenvalue weighted by molar-refractivity contribution is -0.384. The molecule has 1 atom stereocenters. The van der Waals surface area contributed by atoms with E-state index in [9.17, 15) is 14.9 Å². The van der Waals surface area contributed by atoms with Crippen molar-refractivity contribution in [3.05, 3.63) is 51.9 Å². The summed E-state index contributed by atoms with van der Waals surface area (Å²) in [7, 11) is 0. The summed E-state index contributed by atoms with van der Waals surface area (Å²) < 4.78 is 5.62. The largest absolute Gasteiger partial charge is 0.410 e. The zero-order valence-corrected chi connectivity index (χ0v) is 14.9. The van der Waals surface area contributed by atoms with Gasteiger partial charge in [0.1, 0.15) is 0 Å². The van der Waals surface area contributed by atoms with E-state index in [1.807, 2.05) is 17.5 Å². The first-order valence-electron chi connectivity index (χ1n) is 7.72. The number of nitro benzene ring substituents is 1. The number of carbonyl (C=O) groups excluding carboxylic acids is 1. The van der Waals surface area contributed by atoms with Crippen LogP contribution in [0.15, 0.2) is 51.4 Å². The number of thiophene rings is 1. The number of rotatable bonds is 5.